The van der Waals surface area contributed by atoms with Gasteiger partial charge in [0.05, 0.1) is 11.6 Å². The lowest BCUT2D eigenvalue weighted by atomic mass is 9.97. The van der Waals surface area contributed by atoms with Gasteiger partial charge in [-0.3, -0.25) is 10.1 Å². The topological polar surface area (TPSA) is 129 Å². The molecular weight excluding hydrogens is 322 g/mol. The molecule has 1 fully saturated rings. The predicted molar refractivity (Wildman–Crippen MR) is 93.0 cm³/mol. The van der Waals surface area contributed by atoms with Crippen LogP contribution in [0.3, 0.4) is 0 Å². The smallest absolute Gasteiger partial charge is 0.238 e. The highest BCUT2D eigenvalue weighted by atomic mass is 16.5. The standard InChI is InChI=1S/C16H25N7O2/c1-10-5-7-23(11(24)4-6-17)12(8-10)25-16(20-3)13-14(18)21-9-22-15(13)19-2/h9-10,12,16,20H,4-5,7-8H2,1-3H3,(H3,18,19,21,22). The molecule has 0 spiro atoms. The van der Waals surface area contributed by atoms with Crippen LogP contribution in [-0.4, -0.2) is 47.6 Å². The first-order chi connectivity index (χ1) is 12.0. The molecule has 0 bridgehead atoms. The summed E-state index contributed by atoms with van der Waals surface area (Å²) in [5, 5.41) is 14.9. The lowest BCUT2D eigenvalue weighted by Gasteiger charge is -2.39. The second-order valence-electron chi connectivity index (χ2n) is 6.08. The van der Waals surface area contributed by atoms with E-state index in [9.17, 15) is 4.79 Å². The van der Waals surface area contributed by atoms with Crippen molar-refractivity contribution in [2.24, 2.45) is 5.92 Å². The summed E-state index contributed by atoms with van der Waals surface area (Å²) < 4.78 is 6.19. The van der Waals surface area contributed by atoms with E-state index in [0.29, 0.717) is 36.1 Å². The van der Waals surface area contributed by atoms with Crippen LogP contribution in [0.25, 0.3) is 0 Å². The molecule has 0 aliphatic carbocycles. The van der Waals surface area contributed by atoms with Gasteiger partial charge in [-0.15, -0.1) is 0 Å². The number of nitrogens with zero attached hydrogens (tertiary/aromatic N) is 4. The zero-order valence-electron chi connectivity index (χ0n) is 14.8. The zero-order chi connectivity index (χ0) is 18.4. The van der Waals surface area contributed by atoms with Crippen molar-refractivity contribution in [3.63, 3.8) is 0 Å². The fourth-order valence-corrected chi connectivity index (χ4v) is 2.98. The molecule has 0 radical (unpaired) electrons. The second kappa shape index (κ2) is 8.60. The molecule has 9 heteroatoms. The monoisotopic (exact) mass is 347 g/mol. The number of carbonyl (C=O) groups excluding carboxylic acids is 1. The number of hydrogen-bond donors (Lipinski definition) is 3. The summed E-state index contributed by atoms with van der Waals surface area (Å²) in [7, 11) is 3.48. The molecule has 1 aromatic rings. The summed E-state index contributed by atoms with van der Waals surface area (Å²) in [5.41, 5.74) is 6.61. The fraction of sp³-hybridized carbons (Fsp3) is 0.625. The summed E-state index contributed by atoms with van der Waals surface area (Å²) >= 11 is 0. The van der Waals surface area contributed by atoms with Crippen LogP contribution in [0.15, 0.2) is 6.33 Å². The third-order valence-electron chi connectivity index (χ3n) is 4.33. The van der Waals surface area contributed by atoms with Crippen LogP contribution >= 0.6 is 0 Å². The lowest BCUT2D eigenvalue weighted by Crippen LogP contribution is -2.48. The van der Waals surface area contributed by atoms with Crippen molar-refractivity contribution in [3.8, 4) is 6.07 Å². The van der Waals surface area contributed by atoms with Gasteiger partial charge in [-0.05, 0) is 25.8 Å². The Hall–Kier alpha value is -2.44. The molecule has 3 unspecified atom stereocenters. The molecule has 1 aliphatic rings. The number of nitrogens with one attached hydrogen (secondary N) is 2. The van der Waals surface area contributed by atoms with Gasteiger partial charge < -0.3 is 20.7 Å². The molecule has 1 aliphatic heterocycles. The summed E-state index contributed by atoms with van der Waals surface area (Å²) in [6.07, 6.45) is 1.78. The SMILES string of the molecule is CNc1ncnc(N)c1C(NC)OC1CC(C)CCN1C(=O)CC#N. The summed E-state index contributed by atoms with van der Waals surface area (Å²) in [5.74, 6) is 1.06. The molecule has 2 heterocycles. The number of nitrogens with two attached hydrogens (primary N) is 1. The Kier molecular flexibility index (Phi) is 6.50. The maximum Gasteiger partial charge on any atom is 0.238 e. The maximum atomic E-state index is 12.3. The number of carbonyl (C=O) groups is 1. The molecule has 1 amide bonds. The number of anilines is 2. The van der Waals surface area contributed by atoms with Gasteiger partial charge in [0.15, 0.2) is 0 Å². The number of aromatic nitrogens is 2. The van der Waals surface area contributed by atoms with Crippen LogP contribution in [0.1, 0.15) is 38.0 Å². The highest BCUT2D eigenvalue weighted by molar-refractivity contribution is 5.78. The Balaban J connectivity index is 2.26. The van der Waals surface area contributed by atoms with E-state index in [1.54, 1.807) is 19.0 Å². The van der Waals surface area contributed by atoms with Crippen molar-refractivity contribution in [1.82, 2.24) is 20.2 Å². The third-order valence-corrected chi connectivity index (χ3v) is 4.33. The Morgan fingerprint density at radius 3 is 2.96 bits per heavy atom. The average Bonchev–Trinajstić information content (AvgIpc) is 2.60. The first-order valence-electron chi connectivity index (χ1n) is 8.29. The number of likely N-dealkylation sites (tertiary alicyclic amines) is 1. The largest absolute Gasteiger partial charge is 0.383 e. The Labute approximate surface area is 147 Å². The van der Waals surface area contributed by atoms with Crippen molar-refractivity contribution in [3.05, 3.63) is 11.9 Å². The fourth-order valence-electron chi connectivity index (χ4n) is 2.98. The first kappa shape index (κ1) is 18.9. The van der Waals surface area contributed by atoms with Crippen LogP contribution in [-0.2, 0) is 9.53 Å². The quantitative estimate of drug-likeness (QED) is 0.645. The van der Waals surface area contributed by atoms with Gasteiger partial charge in [-0.1, -0.05) is 6.92 Å². The number of amides is 1. The predicted octanol–water partition coefficient (Wildman–Crippen LogP) is 0.833. The van der Waals surface area contributed by atoms with E-state index in [1.807, 2.05) is 6.07 Å². The van der Waals surface area contributed by atoms with Crippen molar-refractivity contribution < 1.29 is 9.53 Å². The van der Waals surface area contributed by atoms with Gasteiger partial charge in [0.2, 0.25) is 5.91 Å². The van der Waals surface area contributed by atoms with Gasteiger partial charge in [-0.2, -0.15) is 5.26 Å². The molecule has 25 heavy (non-hydrogen) atoms. The minimum atomic E-state index is -0.587. The Morgan fingerprint density at radius 1 is 1.56 bits per heavy atom. The van der Waals surface area contributed by atoms with Gasteiger partial charge in [0.25, 0.3) is 0 Å². The summed E-state index contributed by atoms with van der Waals surface area (Å²) in [6.45, 7) is 2.69. The normalized spacial score (nSPS) is 21.4. The van der Waals surface area contributed by atoms with Gasteiger partial charge in [0.1, 0.15) is 36.8 Å². The maximum absolute atomic E-state index is 12.3. The first-order valence-corrected chi connectivity index (χ1v) is 8.29. The molecule has 3 atom stereocenters. The van der Waals surface area contributed by atoms with E-state index < -0.39 is 12.5 Å². The van der Waals surface area contributed by atoms with E-state index in [0.717, 1.165) is 6.42 Å². The lowest BCUT2D eigenvalue weighted by molar-refractivity contribution is -0.164. The molecule has 0 aromatic carbocycles. The second-order valence-corrected chi connectivity index (χ2v) is 6.08. The highest BCUT2D eigenvalue weighted by Gasteiger charge is 2.33. The Morgan fingerprint density at radius 2 is 2.32 bits per heavy atom. The molecule has 9 nitrogen and oxygen atoms in total. The number of rotatable bonds is 6. The number of piperidine rings is 1. The van der Waals surface area contributed by atoms with Crippen molar-refractivity contribution in [2.75, 3.05) is 31.7 Å². The third kappa shape index (κ3) is 4.35. The van der Waals surface area contributed by atoms with E-state index >= 15 is 0 Å². The van der Waals surface area contributed by atoms with Gasteiger partial charge in [0, 0.05) is 13.6 Å². The Bertz CT molecular complexity index is 646. The van der Waals surface area contributed by atoms with Crippen molar-refractivity contribution >= 4 is 17.5 Å². The molecule has 4 N–H and O–H groups in total. The van der Waals surface area contributed by atoms with Crippen molar-refractivity contribution in [1.29, 1.82) is 5.26 Å². The number of ether oxygens (including phenoxy) is 1. The van der Waals surface area contributed by atoms with E-state index in [2.05, 4.69) is 27.5 Å². The van der Waals surface area contributed by atoms with E-state index in [4.69, 9.17) is 15.7 Å². The van der Waals surface area contributed by atoms with Crippen LogP contribution in [0.5, 0.6) is 0 Å². The number of nitriles is 1. The van der Waals surface area contributed by atoms with E-state index in [1.165, 1.54) is 6.33 Å². The minimum Gasteiger partial charge on any atom is -0.383 e. The average molecular weight is 347 g/mol. The van der Waals surface area contributed by atoms with E-state index in [-0.39, 0.29) is 12.3 Å². The van der Waals surface area contributed by atoms with Crippen LogP contribution in [0.4, 0.5) is 11.6 Å². The summed E-state index contributed by atoms with van der Waals surface area (Å²) in [6, 6.07) is 1.91. The van der Waals surface area contributed by atoms with Crippen LogP contribution in [0.2, 0.25) is 0 Å². The molecule has 1 aromatic heterocycles. The van der Waals surface area contributed by atoms with Gasteiger partial charge >= 0.3 is 0 Å². The molecule has 0 saturated carbocycles. The molecule has 1 saturated heterocycles. The summed E-state index contributed by atoms with van der Waals surface area (Å²) in [4.78, 5) is 22.1. The number of nitrogen functional groups attached to an aromatic ring is 1. The molecule has 136 valence electrons. The number of hydrogen-bond acceptors (Lipinski definition) is 8. The zero-order valence-corrected chi connectivity index (χ0v) is 14.8. The highest BCUT2D eigenvalue weighted by Crippen LogP contribution is 2.31. The van der Waals surface area contributed by atoms with Crippen LogP contribution in [0, 0.1) is 17.2 Å². The molecule has 2 rings (SSSR count). The van der Waals surface area contributed by atoms with Crippen molar-refractivity contribution in [2.45, 2.75) is 38.6 Å². The van der Waals surface area contributed by atoms with Crippen LogP contribution < -0.4 is 16.4 Å². The van der Waals surface area contributed by atoms with Gasteiger partial charge in [-0.25, -0.2) is 9.97 Å². The minimum absolute atomic E-state index is 0.156. The molecular formula is C16H25N7O2.